The van der Waals surface area contributed by atoms with E-state index in [0.717, 1.165) is 0 Å². The zero-order valence-electron chi connectivity index (χ0n) is 12.4. The maximum atomic E-state index is 12.6. The fourth-order valence-corrected chi connectivity index (χ4v) is 3.20. The zero-order chi connectivity index (χ0) is 14.5. The molecule has 2 rings (SSSR count). The van der Waals surface area contributed by atoms with E-state index in [9.17, 15) is 9.90 Å². The van der Waals surface area contributed by atoms with Crippen molar-refractivity contribution >= 4 is 5.91 Å². The number of β-amino-alcohol motifs (C(OH)–C–C–N with tert-alkyl or cyclic N) is 1. The molecular formula is C14H26N2O3. The Morgan fingerprint density at radius 1 is 1.47 bits per heavy atom. The Bertz CT molecular complexity index is 381. The summed E-state index contributed by atoms with van der Waals surface area (Å²) in [5, 5.41) is 9.98. The van der Waals surface area contributed by atoms with Gasteiger partial charge in [-0.05, 0) is 20.3 Å². The smallest absolute Gasteiger partial charge is 0.243 e. The van der Waals surface area contributed by atoms with Crippen LogP contribution < -0.4 is 5.73 Å². The van der Waals surface area contributed by atoms with Gasteiger partial charge in [0.15, 0.2) is 0 Å². The van der Waals surface area contributed by atoms with Gasteiger partial charge >= 0.3 is 0 Å². The van der Waals surface area contributed by atoms with E-state index in [-0.39, 0.29) is 17.4 Å². The Balaban J connectivity index is 2.08. The van der Waals surface area contributed by atoms with Crippen LogP contribution in [0.4, 0.5) is 0 Å². The lowest BCUT2D eigenvalue weighted by Crippen LogP contribution is -2.76. The van der Waals surface area contributed by atoms with E-state index < -0.39 is 11.1 Å². The van der Waals surface area contributed by atoms with Crippen LogP contribution in [0.2, 0.25) is 0 Å². The average Bonchev–Trinajstić information content (AvgIpc) is 2.68. The molecule has 1 saturated carbocycles. The number of amides is 1. The summed E-state index contributed by atoms with van der Waals surface area (Å²) in [6.07, 6.45) is 1.21. The molecule has 110 valence electrons. The first kappa shape index (κ1) is 14.8. The Morgan fingerprint density at radius 2 is 2.11 bits per heavy atom. The minimum atomic E-state index is -0.868. The molecule has 1 amide bonds. The summed E-state index contributed by atoms with van der Waals surface area (Å²) in [5.41, 5.74) is 4.35. The predicted octanol–water partition coefficient (Wildman–Crippen LogP) is 0.502. The van der Waals surface area contributed by atoms with Gasteiger partial charge in [-0.25, -0.2) is 0 Å². The molecule has 19 heavy (non-hydrogen) atoms. The molecule has 1 heterocycles. The number of carbonyl (C=O) groups excluding carboxylic acids is 1. The van der Waals surface area contributed by atoms with Crippen LogP contribution >= 0.6 is 0 Å². The number of ether oxygens (including phenoxy) is 1. The third-order valence-electron chi connectivity index (χ3n) is 4.95. The summed E-state index contributed by atoms with van der Waals surface area (Å²) < 4.78 is 5.64. The van der Waals surface area contributed by atoms with E-state index in [0.29, 0.717) is 32.5 Å². The molecule has 3 N–H and O–H groups in total. The molecule has 5 nitrogen and oxygen atoms in total. The number of likely N-dealkylation sites (tertiary alicyclic amines) is 1. The predicted molar refractivity (Wildman–Crippen MR) is 72.6 cm³/mol. The molecule has 5 heteroatoms. The molecule has 0 aromatic carbocycles. The lowest BCUT2D eigenvalue weighted by Gasteiger charge is -2.58. The molecule has 3 atom stereocenters. The highest BCUT2D eigenvalue weighted by molar-refractivity contribution is 5.89. The average molecular weight is 270 g/mol. The van der Waals surface area contributed by atoms with Crippen molar-refractivity contribution in [2.75, 3.05) is 19.7 Å². The second-order valence-electron chi connectivity index (χ2n) is 6.81. The Morgan fingerprint density at radius 3 is 2.53 bits per heavy atom. The largest absolute Gasteiger partial charge is 0.388 e. The van der Waals surface area contributed by atoms with Crippen LogP contribution in [0.3, 0.4) is 0 Å². The normalized spacial score (nSPS) is 41.2. The Hall–Kier alpha value is -0.650. The molecule has 2 aliphatic rings. The third-order valence-corrected chi connectivity index (χ3v) is 4.95. The standard InChI is InChI=1S/C14H26N2O3/c1-5-19-10-8-14(15,12(10,2)3)11(17)16-7-6-13(4,18)9-16/h10,18H,5-9,15H2,1-4H3. The topological polar surface area (TPSA) is 75.8 Å². The number of aliphatic hydroxyl groups is 1. The van der Waals surface area contributed by atoms with Crippen molar-refractivity contribution in [1.29, 1.82) is 0 Å². The van der Waals surface area contributed by atoms with Crippen LogP contribution in [0.1, 0.15) is 40.5 Å². The van der Waals surface area contributed by atoms with Crippen molar-refractivity contribution in [1.82, 2.24) is 4.90 Å². The lowest BCUT2D eigenvalue weighted by molar-refractivity contribution is -0.179. The van der Waals surface area contributed by atoms with Gasteiger partial charge in [-0.2, -0.15) is 0 Å². The Kier molecular flexibility index (Phi) is 3.44. The van der Waals surface area contributed by atoms with E-state index in [1.807, 2.05) is 20.8 Å². The summed E-state index contributed by atoms with van der Waals surface area (Å²) in [6.45, 7) is 9.29. The van der Waals surface area contributed by atoms with Crippen molar-refractivity contribution in [3.8, 4) is 0 Å². The number of nitrogens with two attached hydrogens (primary N) is 1. The van der Waals surface area contributed by atoms with Gasteiger partial charge in [0, 0.05) is 31.5 Å². The first-order chi connectivity index (χ1) is 8.64. The lowest BCUT2D eigenvalue weighted by atomic mass is 9.54. The van der Waals surface area contributed by atoms with Crippen LogP contribution in [0, 0.1) is 5.41 Å². The van der Waals surface area contributed by atoms with E-state index in [4.69, 9.17) is 10.5 Å². The van der Waals surface area contributed by atoms with Crippen molar-refractivity contribution in [3.05, 3.63) is 0 Å². The number of nitrogens with zero attached hydrogens (tertiary/aromatic N) is 1. The van der Waals surface area contributed by atoms with Crippen LogP contribution in [0.15, 0.2) is 0 Å². The molecule has 0 spiro atoms. The summed E-state index contributed by atoms with van der Waals surface area (Å²) in [4.78, 5) is 14.3. The second-order valence-corrected chi connectivity index (χ2v) is 6.81. The number of rotatable bonds is 3. The SMILES string of the molecule is CCOC1CC(N)(C(=O)N2CCC(C)(O)C2)C1(C)C. The maximum absolute atomic E-state index is 12.6. The molecule has 0 aromatic heterocycles. The number of hydrogen-bond donors (Lipinski definition) is 2. The van der Waals surface area contributed by atoms with Gasteiger partial charge in [0.2, 0.25) is 5.91 Å². The highest BCUT2D eigenvalue weighted by atomic mass is 16.5. The summed E-state index contributed by atoms with van der Waals surface area (Å²) in [7, 11) is 0. The molecule has 0 aromatic rings. The molecule has 2 fully saturated rings. The van der Waals surface area contributed by atoms with E-state index >= 15 is 0 Å². The Labute approximate surface area is 115 Å². The fourth-order valence-electron chi connectivity index (χ4n) is 3.20. The van der Waals surface area contributed by atoms with E-state index in [1.165, 1.54) is 0 Å². The van der Waals surface area contributed by atoms with Crippen LogP contribution in [0.5, 0.6) is 0 Å². The van der Waals surface area contributed by atoms with Crippen molar-refractivity contribution in [3.63, 3.8) is 0 Å². The van der Waals surface area contributed by atoms with Crippen molar-refractivity contribution in [2.24, 2.45) is 11.1 Å². The first-order valence-corrected chi connectivity index (χ1v) is 7.06. The summed E-state index contributed by atoms with van der Waals surface area (Å²) >= 11 is 0. The minimum Gasteiger partial charge on any atom is -0.388 e. The van der Waals surface area contributed by atoms with Gasteiger partial charge in [-0.3, -0.25) is 4.79 Å². The van der Waals surface area contributed by atoms with Gasteiger partial charge in [-0.15, -0.1) is 0 Å². The molecule has 1 aliphatic heterocycles. The van der Waals surface area contributed by atoms with Crippen LogP contribution in [-0.4, -0.2) is 52.9 Å². The van der Waals surface area contributed by atoms with Crippen LogP contribution in [-0.2, 0) is 9.53 Å². The summed E-state index contributed by atoms with van der Waals surface area (Å²) in [6, 6.07) is 0. The highest BCUT2D eigenvalue weighted by Crippen LogP contribution is 2.51. The maximum Gasteiger partial charge on any atom is 0.243 e. The number of carbonyl (C=O) groups is 1. The van der Waals surface area contributed by atoms with E-state index in [2.05, 4.69) is 0 Å². The quantitative estimate of drug-likeness (QED) is 0.783. The first-order valence-electron chi connectivity index (χ1n) is 7.06. The molecule has 0 bridgehead atoms. The number of hydrogen-bond acceptors (Lipinski definition) is 4. The fraction of sp³-hybridized carbons (Fsp3) is 0.929. The molecule has 3 unspecified atom stereocenters. The van der Waals surface area contributed by atoms with Crippen LogP contribution in [0.25, 0.3) is 0 Å². The van der Waals surface area contributed by atoms with Gasteiger partial charge in [0.1, 0.15) is 5.54 Å². The minimum absolute atomic E-state index is 0.0366. The molecule has 0 radical (unpaired) electrons. The van der Waals surface area contributed by atoms with Crippen molar-refractivity contribution in [2.45, 2.75) is 57.8 Å². The zero-order valence-corrected chi connectivity index (χ0v) is 12.4. The third kappa shape index (κ3) is 2.18. The van der Waals surface area contributed by atoms with E-state index in [1.54, 1.807) is 11.8 Å². The highest BCUT2D eigenvalue weighted by Gasteiger charge is 2.64. The van der Waals surface area contributed by atoms with Gasteiger partial charge in [-0.1, -0.05) is 13.8 Å². The summed E-state index contributed by atoms with van der Waals surface area (Å²) in [5.74, 6) is -0.0498. The monoisotopic (exact) mass is 270 g/mol. The van der Waals surface area contributed by atoms with Gasteiger partial charge in [0.05, 0.1) is 11.7 Å². The van der Waals surface area contributed by atoms with Gasteiger partial charge in [0.25, 0.3) is 0 Å². The molecule has 1 saturated heterocycles. The second kappa shape index (κ2) is 4.43. The molecule has 1 aliphatic carbocycles. The van der Waals surface area contributed by atoms with Gasteiger partial charge < -0.3 is 20.5 Å². The van der Waals surface area contributed by atoms with Crippen molar-refractivity contribution < 1.29 is 14.6 Å². The molecular weight excluding hydrogens is 244 g/mol.